The molecule has 1 aromatic carbocycles. The molecule has 3 heterocycles. The maximum atomic E-state index is 12.5. The predicted molar refractivity (Wildman–Crippen MR) is 117 cm³/mol. The third-order valence-electron chi connectivity index (χ3n) is 5.87. The van der Waals surface area contributed by atoms with Crippen molar-refractivity contribution in [1.82, 2.24) is 15.1 Å². The maximum absolute atomic E-state index is 12.5. The lowest BCUT2D eigenvalue weighted by Crippen LogP contribution is -2.48. The summed E-state index contributed by atoms with van der Waals surface area (Å²) < 4.78 is 0. The van der Waals surface area contributed by atoms with Crippen LogP contribution in [0.15, 0.2) is 48.5 Å². The van der Waals surface area contributed by atoms with Crippen LogP contribution < -0.4 is 9.80 Å². The first-order valence-electron chi connectivity index (χ1n) is 10.6. The van der Waals surface area contributed by atoms with Crippen LogP contribution in [0.3, 0.4) is 0 Å². The Hall–Kier alpha value is -2.89. The second-order valence-corrected chi connectivity index (χ2v) is 7.84. The summed E-state index contributed by atoms with van der Waals surface area (Å²) in [5.74, 6) is 1.93. The maximum Gasteiger partial charge on any atom is 0.246 e. The second kappa shape index (κ2) is 9.07. The number of carbonyl (C=O) groups is 1. The molecule has 2 aromatic rings. The summed E-state index contributed by atoms with van der Waals surface area (Å²) in [6.45, 7) is 6.27. The van der Waals surface area contributed by atoms with Crippen LogP contribution in [-0.4, -0.2) is 59.8 Å². The molecule has 1 atom stereocenters. The van der Waals surface area contributed by atoms with Gasteiger partial charge in [0.15, 0.2) is 11.6 Å². The van der Waals surface area contributed by atoms with Crippen molar-refractivity contribution >= 4 is 23.6 Å². The molecule has 2 aliphatic heterocycles. The summed E-state index contributed by atoms with van der Waals surface area (Å²) in [6, 6.07) is 14.6. The second-order valence-electron chi connectivity index (χ2n) is 7.84. The first kappa shape index (κ1) is 19.4. The number of hydrogen-bond acceptors (Lipinski definition) is 5. The minimum absolute atomic E-state index is 0.0639. The summed E-state index contributed by atoms with van der Waals surface area (Å²) in [5.41, 5.74) is 1.04. The van der Waals surface area contributed by atoms with Gasteiger partial charge in [-0.05, 0) is 50.0 Å². The van der Waals surface area contributed by atoms with Crippen LogP contribution in [-0.2, 0) is 4.79 Å². The number of nitrogens with zero attached hydrogens (tertiary/aromatic N) is 5. The molecule has 2 aliphatic rings. The molecule has 152 valence electrons. The number of rotatable bonds is 4. The van der Waals surface area contributed by atoms with Gasteiger partial charge in [0, 0.05) is 44.8 Å². The minimum Gasteiger partial charge on any atom is -0.352 e. The zero-order valence-electron chi connectivity index (χ0n) is 17.1. The van der Waals surface area contributed by atoms with E-state index in [4.69, 9.17) is 0 Å². The lowest BCUT2D eigenvalue weighted by Gasteiger charge is -2.36. The Morgan fingerprint density at radius 3 is 2.34 bits per heavy atom. The van der Waals surface area contributed by atoms with E-state index in [1.807, 2.05) is 41.3 Å². The average Bonchev–Trinajstić information content (AvgIpc) is 2.79. The zero-order valence-corrected chi connectivity index (χ0v) is 17.1. The fourth-order valence-corrected chi connectivity index (χ4v) is 4.07. The van der Waals surface area contributed by atoms with Gasteiger partial charge in [-0.2, -0.15) is 0 Å². The van der Waals surface area contributed by atoms with E-state index in [-0.39, 0.29) is 5.91 Å². The van der Waals surface area contributed by atoms with Gasteiger partial charge in [-0.1, -0.05) is 30.3 Å². The molecule has 0 saturated carbocycles. The first-order valence-corrected chi connectivity index (χ1v) is 10.6. The quantitative estimate of drug-likeness (QED) is 0.749. The van der Waals surface area contributed by atoms with Crippen molar-refractivity contribution < 1.29 is 4.79 Å². The smallest absolute Gasteiger partial charge is 0.246 e. The molecule has 6 heteroatoms. The van der Waals surface area contributed by atoms with Gasteiger partial charge < -0.3 is 14.7 Å². The number of amides is 1. The number of carbonyl (C=O) groups excluding carboxylic acids is 1. The number of benzene rings is 1. The highest BCUT2D eigenvalue weighted by Crippen LogP contribution is 2.23. The third kappa shape index (κ3) is 4.75. The molecule has 0 spiro atoms. The minimum atomic E-state index is 0.0639. The lowest BCUT2D eigenvalue weighted by molar-refractivity contribution is -0.126. The largest absolute Gasteiger partial charge is 0.352 e. The van der Waals surface area contributed by atoms with Crippen LogP contribution in [0.2, 0.25) is 0 Å². The van der Waals surface area contributed by atoms with E-state index < -0.39 is 0 Å². The summed E-state index contributed by atoms with van der Waals surface area (Å²) >= 11 is 0. The molecule has 2 saturated heterocycles. The topological polar surface area (TPSA) is 52.6 Å². The molecule has 0 N–H and O–H groups in total. The van der Waals surface area contributed by atoms with Crippen LogP contribution in [0.1, 0.15) is 31.7 Å². The van der Waals surface area contributed by atoms with Crippen molar-refractivity contribution in [2.75, 3.05) is 42.5 Å². The molecule has 1 aromatic heterocycles. The van der Waals surface area contributed by atoms with E-state index in [1.165, 1.54) is 19.3 Å². The molecule has 29 heavy (non-hydrogen) atoms. The van der Waals surface area contributed by atoms with Gasteiger partial charge in [0.25, 0.3) is 0 Å². The van der Waals surface area contributed by atoms with Gasteiger partial charge in [-0.3, -0.25) is 4.79 Å². The number of hydrogen-bond donors (Lipinski definition) is 0. The molecule has 2 fully saturated rings. The number of aromatic nitrogens is 2. The van der Waals surface area contributed by atoms with E-state index in [0.717, 1.165) is 36.8 Å². The van der Waals surface area contributed by atoms with Gasteiger partial charge in [0.1, 0.15) is 0 Å². The molecular formula is C23H29N5O. The average molecular weight is 392 g/mol. The predicted octanol–water partition coefficient (Wildman–Crippen LogP) is 3.22. The summed E-state index contributed by atoms with van der Waals surface area (Å²) in [7, 11) is 0. The van der Waals surface area contributed by atoms with Crippen LogP contribution in [0.4, 0.5) is 11.6 Å². The van der Waals surface area contributed by atoms with Crippen molar-refractivity contribution in [3.63, 3.8) is 0 Å². The molecular weight excluding hydrogens is 362 g/mol. The Labute approximate surface area is 172 Å². The van der Waals surface area contributed by atoms with Crippen molar-refractivity contribution in [2.24, 2.45) is 0 Å². The molecule has 0 radical (unpaired) electrons. The van der Waals surface area contributed by atoms with E-state index >= 15 is 0 Å². The van der Waals surface area contributed by atoms with E-state index in [0.29, 0.717) is 19.1 Å². The van der Waals surface area contributed by atoms with Gasteiger partial charge in [0.2, 0.25) is 5.91 Å². The highest BCUT2D eigenvalue weighted by Gasteiger charge is 2.23. The zero-order chi connectivity index (χ0) is 20.1. The first-order chi connectivity index (χ1) is 14.2. The number of piperidine rings is 1. The highest BCUT2D eigenvalue weighted by molar-refractivity contribution is 5.91. The number of piperazine rings is 1. The molecule has 0 unspecified atom stereocenters. The van der Waals surface area contributed by atoms with Crippen LogP contribution >= 0.6 is 0 Å². The van der Waals surface area contributed by atoms with Crippen LogP contribution in [0, 0.1) is 0 Å². The number of anilines is 2. The Morgan fingerprint density at radius 1 is 0.931 bits per heavy atom. The van der Waals surface area contributed by atoms with Crippen molar-refractivity contribution in [3.8, 4) is 0 Å². The van der Waals surface area contributed by atoms with Crippen molar-refractivity contribution in [3.05, 3.63) is 54.1 Å². The summed E-state index contributed by atoms with van der Waals surface area (Å²) in [5, 5.41) is 8.96. The Morgan fingerprint density at radius 2 is 1.66 bits per heavy atom. The Bertz CT molecular complexity index is 828. The molecule has 4 rings (SSSR count). The molecule has 1 amide bonds. The highest BCUT2D eigenvalue weighted by atomic mass is 16.2. The summed E-state index contributed by atoms with van der Waals surface area (Å²) in [6.07, 6.45) is 7.28. The van der Waals surface area contributed by atoms with Crippen molar-refractivity contribution in [2.45, 2.75) is 32.2 Å². The van der Waals surface area contributed by atoms with E-state index in [1.54, 1.807) is 6.08 Å². The molecule has 0 aliphatic carbocycles. The Kier molecular flexibility index (Phi) is 6.08. The van der Waals surface area contributed by atoms with Crippen molar-refractivity contribution in [1.29, 1.82) is 0 Å². The SMILES string of the molecule is C[C@H]1CCCCN1c1ccc(N2CCN(C(=O)/C=C/c3ccccc3)CC2)nn1. The normalized spacial score (nSPS) is 20.3. The fourth-order valence-electron chi connectivity index (χ4n) is 4.07. The fraction of sp³-hybridized carbons (Fsp3) is 0.435. The third-order valence-corrected chi connectivity index (χ3v) is 5.87. The lowest BCUT2D eigenvalue weighted by atomic mass is 10.0. The molecule has 6 nitrogen and oxygen atoms in total. The standard InChI is InChI=1S/C23H29N5O/c1-19-7-5-6-14-28(19)22-12-11-21(24-25-22)26-15-17-27(18-16-26)23(29)13-10-20-8-3-2-4-9-20/h2-4,8-13,19H,5-7,14-18H2,1H3/b13-10+/t19-/m0/s1. The van der Waals surface area contributed by atoms with Gasteiger partial charge in [-0.25, -0.2) is 0 Å². The van der Waals surface area contributed by atoms with Crippen LogP contribution in [0.5, 0.6) is 0 Å². The van der Waals surface area contributed by atoms with Crippen LogP contribution in [0.25, 0.3) is 6.08 Å². The Balaban J connectivity index is 1.31. The van der Waals surface area contributed by atoms with E-state index in [2.05, 4.69) is 39.1 Å². The van der Waals surface area contributed by atoms with Gasteiger partial charge >= 0.3 is 0 Å². The van der Waals surface area contributed by atoms with E-state index in [9.17, 15) is 4.79 Å². The summed E-state index contributed by atoms with van der Waals surface area (Å²) in [4.78, 5) is 18.9. The van der Waals surface area contributed by atoms with Gasteiger partial charge in [-0.15, -0.1) is 10.2 Å². The monoisotopic (exact) mass is 391 g/mol. The van der Waals surface area contributed by atoms with Gasteiger partial charge in [0.05, 0.1) is 0 Å². The molecule has 0 bridgehead atoms.